The van der Waals surface area contributed by atoms with Crippen LogP contribution in [0.2, 0.25) is 5.02 Å². The molecule has 0 bridgehead atoms. The molecule has 6 nitrogen and oxygen atoms in total. The van der Waals surface area contributed by atoms with E-state index in [1.54, 1.807) is 19.2 Å². The Morgan fingerprint density at radius 1 is 1.13 bits per heavy atom. The van der Waals surface area contributed by atoms with Crippen LogP contribution in [0.5, 0.6) is 5.75 Å². The Kier molecular flexibility index (Phi) is 6.87. The first-order valence-corrected chi connectivity index (χ1v) is 11.0. The first-order valence-electron chi connectivity index (χ1n) is 10.7. The van der Waals surface area contributed by atoms with Crippen LogP contribution in [0.1, 0.15) is 49.6 Å². The van der Waals surface area contributed by atoms with Crippen molar-refractivity contribution in [3.63, 3.8) is 0 Å². The van der Waals surface area contributed by atoms with Crippen molar-refractivity contribution in [1.82, 2.24) is 15.0 Å². The highest BCUT2D eigenvalue weighted by Crippen LogP contribution is 2.32. The van der Waals surface area contributed by atoms with E-state index in [-0.39, 0.29) is 11.9 Å². The van der Waals surface area contributed by atoms with Crippen molar-refractivity contribution in [2.45, 2.75) is 44.6 Å². The summed E-state index contributed by atoms with van der Waals surface area (Å²) in [6.45, 7) is 0.773. The third kappa shape index (κ3) is 5.25. The van der Waals surface area contributed by atoms with Gasteiger partial charge < -0.3 is 14.2 Å². The molecule has 1 aromatic heterocycles. The molecule has 1 fully saturated rings. The molecular weight excluding hydrogens is 414 g/mol. The highest BCUT2D eigenvalue weighted by Gasteiger charge is 2.27. The average Bonchev–Trinajstić information content (AvgIpc) is 3.14. The number of aromatic nitrogens is 2. The average molecular weight is 440 g/mol. The van der Waals surface area contributed by atoms with Crippen LogP contribution in [0.4, 0.5) is 0 Å². The van der Waals surface area contributed by atoms with Gasteiger partial charge in [0, 0.05) is 30.0 Å². The zero-order valence-electron chi connectivity index (χ0n) is 17.6. The Hall–Kier alpha value is -2.86. The molecule has 1 aliphatic heterocycles. The second-order valence-corrected chi connectivity index (χ2v) is 8.18. The number of hydrogen-bond acceptors (Lipinski definition) is 5. The topological polar surface area (TPSA) is 68.5 Å². The lowest BCUT2D eigenvalue weighted by Crippen LogP contribution is -2.35. The maximum Gasteiger partial charge on any atom is 0.227 e. The molecule has 2 heterocycles. The molecule has 0 radical (unpaired) electrons. The van der Waals surface area contributed by atoms with E-state index in [0.29, 0.717) is 29.6 Å². The van der Waals surface area contributed by atoms with E-state index < -0.39 is 0 Å². The maximum atomic E-state index is 13.1. The number of methoxy groups -OCH3 is 1. The number of nitrogens with zero attached hydrogens (tertiary/aromatic N) is 3. The summed E-state index contributed by atoms with van der Waals surface area (Å²) in [7, 11) is 1.66. The SMILES string of the molecule is COc1ccc([C@H]2CCCCCN2C(=O)CCc2nc(-c3ccc(Cl)cc3)no2)cc1. The van der Waals surface area contributed by atoms with E-state index in [0.717, 1.165) is 49.1 Å². The molecule has 4 rings (SSSR count). The lowest BCUT2D eigenvalue weighted by atomic mass is 10.00. The molecule has 1 saturated heterocycles. The number of carbonyl (C=O) groups excluding carboxylic acids is 1. The van der Waals surface area contributed by atoms with Crippen molar-refractivity contribution >= 4 is 17.5 Å². The summed E-state index contributed by atoms with van der Waals surface area (Å²) in [5.74, 6) is 1.91. The molecule has 0 spiro atoms. The molecule has 0 unspecified atom stereocenters. The van der Waals surface area contributed by atoms with E-state index >= 15 is 0 Å². The van der Waals surface area contributed by atoms with Gasteiger partial charge in [0.05, 0.1) is 13.2 Å². The first-order chi connectivity index (χ1) is 15.1. The molecule has 0 aliphatic carbocycles. The van der Waals surface area contributed by atoms with Gasteiger partial charge in [0.25, 0.3) is 0 Å². The fraction of sp³-hybridized carbons (Fsp3) is 0.375. The van der Waals surface area contributed by atoms with E-state index in [9.17, 15) is 4.79 Å². The largest absolute Gasteiger partial charge is 0.497 e. The molecule has 1 atom stereocenters. The van der Waals surface area contributed by atoms with E-state index in [1.807, 2.05) is 29.2 Å². The molecule has 1 amide bonds. The molecule has 31 heavy (non-hydrogen) atoms. The summed E-state index contributed by atoms with van der Waals surface area (Å²) >= 11 is 5.93. The number of hydrogen-bond donors (Lipinski definition) is 0. The minimum absolute atomic E-state index is 0.0909. The Balaban J connectivity index is 1.42. The number of aryl methyl sites for hydroxylation is 1. The summed E-state index contributed by atoms with van der Waals surface area (Å²) < 4.78 is 10.6. The van der Waals surface area contributed by atoms with E-state index in [4.69, 9.17) is 20.9 Å². The highest BCUT2D eigenvalue weighted by atomic mass is 35.5. The van der Waals surface area contributed by atoms with Crippen molar-refractivity contribution in [2.75, 3.05) is 13.7 Å². The van der Waals surface area contributed by atoms with Crippen LogP contribution >= 0.6 is 11.6 Å². The Bertz CT molecular complexity index is 1000. The quantitative estimate of drug-likeness (QED) is 0.509. The number of halogens is 1. The Morgan fingerprint density at radius 3 is 2.65 bits per heavy atom. The Morgan fingerprint density at radius 2 is 1.90 bits per heavy atom. The summed E-state index contributed by atoms with van der Waals surface area (Å²) in [6.07, 6.45) is 5.03. The molecule has 3 aromatic rings. The number of ether oxygens (including phenoxy) is 1. The zero-order chi connectivity index (χ0) is 21.6. The molecule has 7 heteroatoms. The summed E-state index contributed by atoms with van der Waals surface area (Å²) in [6, 6.07) is 15.4. The molecule has 162 valence electrons. The second kappa shape index (κ2) is 9.96. The van der Waals surface area contributed by atoms with Crippen LogP contribution in [-0.2, 0) is 11.2 Å². The summed E-state index contributed by atoms with van der Waals surface area (Å²) in [4.78, 5) is 19.6. The Labute approximate surface area is 187 Å². The van der Waals surface area contributed by atoms with Crippen LogP contribution in [-0.4, -0.2) is 34.6 Å². The van der Waals surface area contributed by atoms with Crippen molar-refractivity contribution in [1.29, 1.82) is 0 Å². The van der Waals surface area contributed by atoms with Crippen LogP contribution in [0, 0.1) is 0 Å². The maximum absolute atomic E-state index is 13.1. The van der Waals surface area contributed by atoms with Crippen LogP contribution in [0.15, 0.2) is 53.1 Å². The minimum atomic E-state index is 0.0909. The van der Waals surface area contributed by atoms with Crippen molar-refractivity contribution in [2.24, 2.45) is 0 Å². The normalized spacial score (nSPS) is 16.7. The van der Waals surface area contributed by atoms with Crippen molar-refractivity contribution in [3.8, 4) is 17.1 Å². The molecule has 0 N–H and O–H groups in total. The third-order valence-electron chi connectivity index (χ3n) is 5.70. The van der Waals surface area contributed by atoms with Gasteiger partial charge in [-0.1, -0.05) is 41.7 Å². The van der Waals surface area contributed by atoms with Gasteiger partial charge in [-0.05, 0) is 54.8 Å². The van der Waals surface area contributed by atoms with Gasteiger partial charge in [0.15, 0.2) is 0 Å². The molecular formula is C24H26ClN3O3. The van der Waals surface area contributed by atoms with Crippen LogP contribution in [0.3, 0.4) is 0 Å². The summed E-state index contributed by atoms with van der Waals surface area (Å²) in [5.41, 5.74) is 1.98. The van der Waals surface area contributed by atoms with Crippen molar-refractivity contribution < 1.29 is 14.1 Å². The lowest BCUT2D eigenvalue weighted by Gasteiger charge is -2.30. The second-order valence-electron chi connectivity index (χ2n) is 7.74. The third-order valence-corrected chi connectivity index (χ3v) is 5.95. The fourth-order valence-electron chi connectivity index (χ4n) is 4.01. The molecule has 1 aliphatic rings. The monoisotopic (exact) mass is 439 g/mol. The van der Waals surface area contributed by atoms with Gasteiger partial charge >= 0.3 is 0 Å². The van der Waals surface area contributed by atoms with E-state index in [2.05, 4.69) is 22.3 Å². The van der Waals surface area contributed by atoms with Gasteiger partial charge in [-0.2, -0.15) is 4.98 Å². The smallest absolute Gasteiger partial charge is 0.227 e. The van der Waals surface area contributed by atoms with Gasteiger partial charge in [-0.15, -0.1) is 0 Å². The number of carbonyl (C=O) groups is 1. The fourth-order valence-corrected chi connectivity index (χ4v) is 4.14. The van der Waals surface area contributed by atoms with E-state index in [1.165, 1.54) is 0 Å². The first kappa shape index (κ1) is 21.4. The van der Waals surface area contributed by atoms with Gasteiger partial charge in [0.2, 0.25) is 17.6 Å². The molecule has 2 aromatic carbocycles. The summed E-state index contributed by atoms with van der Waals surface area (Å²) in [5, 5.41) is 4.69. The number of rotatable bonds is 6. The van der Waals surface area contributed by atoms with Crippen LogP contribution in [0.25, 0.3) is 11.4 Å². The lowest BCUT2D eigenvalue weighted by molar-refractivity contribution is -0.133. The van der Waals surface area contributed by atoms with Gasteiger partial charge in [-0.25, -0.2) is 0 Å². The molecule has 0 saturated carbocycles. The van der Waals surface area contributed by atoms with Crippen molar-refractivity contribution in [3.05, 3.63) is 65.0 Å². The van der Waals surface area contributed by atoms with Gasteiger partial charge in [0.1, 0.15) is 5.75 Å². The highest BCUT2D eigenvalue weighted by molar-refractivity contribution is 6.30. The van der Waals surface area contributed by atoms with Crippen LogP contribution < -0.4 is 4.74 Å². The van der Waals surface area contributed by atoms with Gasteiger partial charge in [-0.3, -0.25) is 4.79 Å². The minimum Gasteiger partial charge on any atom is -0.497 e. The standard InChI is InChI=1S/C24H26ClN3O3/c1-30-20-12-8-17(9-13-20)21-5-3-2-4-16-28(21)23(29)15-14-22-26-24(27-31-22)18-6-10-19(25)11-7-18/h6-13,21H,2-5,14-16H2,1H3/t21-/m1/s1. The predicted octanol–water partition coefficient (Wildman–Crippen LogP) is 5.48. The number of amides is 1. The zero-order valence-corrected chi connectivity index (χ0v) is 18.3. The number of likely N-dealkylation sites (tertiary alicyclic amines) is 1. The predicted molar refractivity (Wildman–Crippen MR) is 119 cm³/mol. The number of benzene rings is 2.